The van der Waals surface area contributed by atoms with Crippen LogP contribution in [-0.4, -0.2) is 36.6 Å². The predicted octanol–water partition coefficient (Wildman–Crippen LogP) is 2.39. The Hall–Kier alpha value is -0.0800. The largest absolute Gasteiger partial charge is 0.313 e. The molecule has 1 N–H and O–H groups in total. The summed E-state index contributed by atoms with van der Waals surface area (Å²) in [6.45, 7) is 6.44. The lowest BCUT2D eigenvalue weighted by Gasteiger charge is -2.42. The zero-order valence-electron chi connectivity index (χ0n) is 10.7. The number of rotatable bonds is 3. The second-order valence-corrected chi connectivity index (χ2v) is 6.60. The van der Waals surface area contributed by atoms with Gasteiger partial charge in [0.15, 0.2) is 0 Å². The molecule has 2 heterocycles. The number of hydrogen-bond acceptors (Lipinski definition) is 2. The van der Waals surface area contributed by atoms with Crippen LogP contribution in [0.1, 0.15) is 51.9 Å². The van der Waals surface area contributed by atoms with Gasteiger partial charge in [-0.15, -0.1) is 0 Å². The standard InChI is InChI=1S/C14H26N2/c1-14(6-3-7-14)11-15-12-5-9-16-8-2-4-13(16)10-12/h12-13,15H,2-11H2,1H3. The summed E-state index contributed by atoms with van der Waals surface area (Å²) >= 11 is 0. The van der Waals surface area contributed by atoms with Crippen LogP contribution in [0.15, 0.2) is 0 Å². The van der Waals surface area contributed by atoms with Crippen LogP contribution in [0.25, 0.3) is 0 Å². The van der Waals surface area contributed by atoms with E-state index in [-0.39, 0.29) is 0 Å². The van der Waals surface area contributed by atoms with Crippen molar-refractivity contribution >= 4 is 0 Å². The lowest BCUT2D eigenvalue weighted by molar-refractivity contribution is 0.124. The van der Waals surface area contributed by atoms with Gasteiger partial charge in [0.2, 0.25) is 0 Å². The molecule has 3 rings (SSSR count). The number of fused-ring (bicyclic) bond motifs is 1. The molecular weight excluding hydrogens is 196 g/mol. The molecule has 1 saturated carbocycles. The third-order valence-electron chi connectivity index (χ3n) is 5.20. The molecule has 2 saturated heterocycles. The van der Waals surface area contributed by atoms with E-state index in [1.54, 1.807) is 0 Å². The molecule has 0 aromatic carbocycles. The molecule has 2 unspecified atom stereocenters. The third kappa shape index (κ3) is 2.14. The highest BCUT2D eigenvalue weighted by molar-refractivity contribution is 4.92. The SMILES string of the molecule is CC1(CNC2CCN3CCCC3C2)CCC1. The summed E-state index contributed by atoms with van der Waals surface area (Å²) in [4.78, 5) is 2.71. The maximum Gasteiger partial charge on any atom is 0.0111 e. The van der Waals surface area contributed by atoms with Gasteiger partial charge in [0.05, 0.1) is 0 Å². The smallest absolute Gasteiger partial charge is 0.0111 e. The van der Waals surface area contributed by atoms with Crippen LogP contribution in [0, 0.1) is 5.41 Å². The van der Waals surface area contributed by atoms with E-state index in [1.807, 2.05) is 0 Å². The van der Waals surface area contributed by atoms with Gasteiger partial charge in [-0.3, -0.25) is 0 Å². The van der Waals surface area contributed by atoms with Gasteiger partial charge in [-0.2, -0.15) is 0 Å². The van der Waals surface area contributed by atoms with Gasteiger partial charge in [-0.05, 0) is 57.0 Å². The quantitative estimate of drug-likeness (QED) is 0.789. The summed E-state index contributed by atoms with van der Waals surface area (Å²) in [6, 6.07) is 1.73. The Morgan fingerprint density at radius 2 is 2.06 bits per heavy atom. The number of nitrogens with zero attached hydrogens (tertiary/aromatic N) is 1. The van der Waals surface area contributed by atoms with Crippen molar-refractivity contribution in [3.8, 4) is 0 Å². The fourth-order valence-electron chi connectivity index (χ4n) is 3.76. The zero-order valence-corrected chi connectivity index (χ0v) is 10.7. The normalized spacial score (nSPS) is 38.1. The molecule has 3 aliphatic rings. The van der Waals surface area contributed by atoms with Crippen LogP contribution in [0.3, 0.4) is 0 Å². The highest BCUT2D eigenvalue weighted by Crippen LogP contribution is 2.39. The average Bonchev–Trinajstić information content (AvgIpc) is 2.70. The summed E-state index contributed by atoms with van der Waals surface area (Å²) in [5, 5.41) is 3.85. The Balaban J connectivity index is 1.45. The fourth-order valence-corrected chi connectivity index (χ4v) is 3.76. The second kappa shape index (κ2) is 4.30. The molecule has 16 heavy (non-hydrogen) atoms. The van der Waals surface area contributed by atoms with Crippen molar-refractivity contribution in [3.63, 3.8) is 0 Å². The Morgan fingerprint density at radius 3 is 2.81 bits per heavy atom. The van der Waals surface area contributed by atoms with Crippen molar-refractivity contribution in [3.05, 3.63) is 0 Å². The van der Waals surface area contributed by atoms with Gasteiger partial charge in [0, 0.05) is 18.6 Å². The highest BCUT2D eigenvalue weighted by Gasteiger charge is 2.35. The van der Waals surface area contributed by atoms with Crippen LogP contribution < -0.4 is 5.32 Å². The molecule has 2 aliphatic heterocycles. The van der Waals surface area contributed by atoms with Crippen molar-refractivity contribution in [2.45, 2.75) is 64.0 Å². The van der Waals surface area contributed by atoms with Gasteiger partial charge in [0.25, 0.3) is 0 Å². The van der Waals surface area contributed by atoms with Crippen LogP contribution in [0.4, 0.5) is 0 Å². The van der Waals surface area contributed by atoms with Gasteiger partial charge in [-0.25, -0.2) is 0 Å². The van der Waals surface area contributed by atoms with Crippen LogP contribution >= 0.6 is 0 Å². The minimum Gasteiger partial charge on any atom is -0.313 e. The Bertz CT molecular complexity index is 247. The molecule has 2 atom stereocenters. The van der Waals surface area contributed by atoms with Gasteiger partial charge >= 0.3 is 0 Å². The molecule has 0 amide bonds. The average molecular weight is 222 g/mol. The first-order valence-corrected chi connectivity index (χ1v) is 7.23. The van der Waals surface area contributed by atoms with Crippen molar-refractivity contribution in [1.82, 2.24) is 10.2 Å². The number of piperidine rings is 1. The summed E-state index contributed by atoms with van der Waals surface area (Å²) < 4.78 is 0. The van der Waals surface area contributed by atoms with Gasteiger partial charge in [0.1, 0.15) is 0 Å². The predicted molar refractivity (Wildman–Crippen MR) is 67.6 cm³/mol. The molecular formula is C14H26N2. The van der Waals surface area contributed by atoms with E-state index in [0.29, 0.717) is 5.41 Å². The van der Waals surface area contributed by atoms with Gasteiger partial charge in [-0.1, -0.05) is 13.3 Å². The molecule has 0 aromatic rings. The monoisotopic (exact) mass is 222 g/mol. The first-order chi connectivity index (χ1) is 7.75. The third-order valence-corrected chi connectivity index (χ3v) is 5.20. The summed E-state index contributed by atoms with van der Waals surface area (Å²) in [5.74, 6) is 0. The van der Waals surface area contributed by atoms with E-state index in [2.05, 4.69) is 17.1 Å². The fraction of sp³-hybridized carbons (Fsp3) is 1.00. The minimum absolute atomic E-state index is 0.646. The molecule has 0 bridgehead atoms. The van der Waals surface area contributed by atoms with Crippen molar-refractivity contribution < 1.29 is 0 Å². The molecule has 0 radical (unpaired) electrons. The maximum atomic E-state index is 3.85. The molecule has 1 aliphatic carbocycles. The number of nitrogens with one attached hydrogen (secondary N) is 1. The highest BCUT2D eigenvalue weighted by atomic mass is 15.2. The first kappa shape index (κ1) is 11.0. The first-order valence-electron chi connectivity index (χ1n) is 7.23. The zero-order chi connectivity index (χ0) is 11.0. The summed E-state index contributed by atoms with van der Waals surface area (Å²) in [6.07, 6.45) is 10.0. The Labute approximate surface area is 99.8 Å². The van der Waals surface area contributed by atoms with Crippen molar-refractivity contribution in [1.29, 1.82) is 0 Å². The Morgan fingerprint density at radius 1 is 1.19 bits per heavy atom. The lowest BCUT2D eigenvalue weighted by atomic mass is 9.70. The van der Waals surface area contributed by atoms with Crippen molar-refractivity contribution in [2.24, 2.45) is 5.41 Å². The lowest BCUT2D eigenvalue weighted by Crippen LogP contribution is -2.49. The maximum absolute atomic E-state index is 3.85. The molecule has 2 nitrogen and oxygen atoms in total. The molecule has 0 aromatic heterocycles. The molecule has 0 spiro atoms. The minimum atomic E-state index is 0.646. The van der Waals surface area contributed by atoms with E-state index < -0.39 is 0 Å². The van der Waals surface area contributed by atoms with E-state index in [9.17, 15) is 0 Å². The van der Waals surface area contributed by atoms with Crippen molar-refractivity contribution in [2.75, 3.05) is 19.6 Å². The van der Waals surface area contributed by atoms with E-state index in [0.717, 1.165) is 12.1 Å². The van der Waals surface area contributed by atoms with Crippen LogP contribution in [0.2, 0.25) is 0 Å². The van der Waals surface area contributed by atoms with E-state index in [4.69, 9.17) is 0 Å². The van der Waals surface area contributed by atoms with Crippen LogP contribution in [0.5, 0.6) is 0 Å². The summed E-state index contributed by atoms with van der Waals surface area (Å²) in [7, 11) is 0. The second-order valence-electron chi connectivity index (χ2n) is 6.60. The molecule has 2 heteroatoms. The van der Waals surface area contributed by atoms with E-state index in [1.165, 1.54) is 64.6 Å². The van der Waals surface area contributed by atoms with Crippen LogP contribution in [-0.2, 0) is 0 Å². The van der Waals surface area contributed by atoms with E-state index >= 15 is 0 Å². The molecule has 92 valence electrons. The summed E-state index contributed by atoms with van der Waals surface area (Å²) in [5.41, 5.74) is 0.646. The van der Waals surface area contributed by atoms with Gasteiger partial charge < -0.3 is 10.2 Å². The molecule has 3 fully saturated rings. The topological polar surface area (TPSA) is 15.3 Å². The number of hydrogen-bond donors (Lipinski definition) is 1. The Kier molecular flexibility index (Phi) is 2.97.